The van der Waals surface area contributed by atoms with E-state index >= 15 is 0 Å². The number of fused-ring (bicyclic) bond motifs is 1. The highest BCUT2D eigenvalue weighted by Crippen LogP contribution is 2.30. The molecular weight excluding hydrogens is 264 g/mol. The van der Waals surface area contributed by atoms with Crippen molar-refractivity contribution in [1.82, 2.24) is 10.3 Å². The van der Waals surface area contributed by atoms with E-state index in [-0.39, 0.29) is 6.04 Å². The molecule has 3 heteroatoms. The van der Waals surface area contributed by atoms with E-state index in [0.717, 1.165) is 12.1 Å². The van der Waals surface area contributed by atoms with Crippen LogP contribution >= 0.6 is 11.3 Å². The summed E-state index contributed by atoms with van der Waals surface area (Å²) in [6.07, 6.45) is 1.99. The predicted molar refractivity (Wildman–Crippen MR) is 86.3 cm³/mol. The number of nitrogens with zero attached hydrogens (tertiary/aromatic N) is 1. The van der Waals surface area contributed by atoms with E-state index in [9.17, 15) is 0 Å². The molecule has 0 aliphatic carbocycles. The maximum absolute atomic E-state index is 4.59. The van der Waals surface area contributed by atoms with Gasteiger partial charge in [0.1, 0.15) is 0 Å². The van der Waals surface area contributed by atoms with Gasteiger partial charge in [0.05, 0.1) is 11.6 Å². The SMILES string of the molecule is CCNC(c1cnc2ccccc2c1)c1sccc1C. The van der Waals surface area contributed by atoms with Crippen LogP contribution in [0.1, 0.15) is 29.0 Å². The first-order valence-corrected chi connectivity index (χ1v) is 7.79. The summed E-state index contributed by atoms with van der Waals surface area (Å²) in [5.74, 6) is 0. The minimum atomic E-state index is 0.233. The minimum absolute atomic E-state index is 0.233. The molecule has 3 rings (SSSR count). The van der Waals surface area contributed by atoms with Gasteiger partial charge < -0.3 is 5.32 Å². The summed E-state index contributed by atoms with van der Waals surface area (Å²) in [7, 11) is 0. The van der Waals surface area contributed by atoms with E-state index in [2.05, 4.69) is 59.9 Å². The van der Waals surface area contributed by atoms with Crippen molar-refractivity contribution < 1.29 is 0 Å². The molecule has 1 atom stereocenters. The number of benzene rings is 1. The Kier molecular flexibility index (Phi) is 3.81. The maximum atomic E-state index is 4.59. The van der Waals surface area contributed by atoms with Gasteiger partial charge in [-0.25, -0.2) is 0 Å². The van der Waals surface area contributed by atoms with Crippen molar-refractivity contribution in [2.45, 2.75) is 19.9 Å². The molecule has 0 spiro atoms. The Morgan fingerprint density at radius 2 is 2.10 bits per heavy atom. The molecule has 2 heterocycles. The van der Waals surface area contributed by atoms with Gasteiger partial charge in [0.15, 0.2) is 0 Å². The Labute approximate surface area is 123 Å². The highest BCUT2D eigenvalue weighted by atomic mass is 32.1. The summed E-state index contributed by atoms with van der Waals surface area (Å²) in [5, 5.41) is 6.93. The summed E-state index contributed by atoms with van der Waals surface area (Å²) in [6.45, 7) is 5.25. The molecule has 0 fully saturated rings. The molecule has 1 aromatic carbocycles. The lowest BCUT2D eigenvalue weighted by atomic mass is 10.0. The second-order valence-corrected chi connectivity index (χ2v) is 5.87. The summed E-state index contributed by atoms with van der Waals surface area (Å²) >= 11 is 1.81. The molecule has 1 N–H and O–H groups in total. The van der Waals surface area contributed by atoms with Crippen LogP contribution in [0.15, 0.2) is 48.0 Å². The van der Waals surface area contributed by atoms with Gasteiger partial charge in [-0.2, -0.15) is 0 Å². The molecule has 0 saturated carbocycles. The standard InChI is InChI=1S/C17H18N2S/c1-3-18-16(17-12(2)8-9-20-17)14-10-13-6-4-5-7-15(13)19-11-14/h4-11,16,18H,3H2,1-2H3. The topological polar surface area (TPSA) is 24.9 Å². The van der Waals surface area contributed by atoms with Crippen molar-refractivity contribution >= 4 is 22.2 Å². The Hall–Kier alpha value is -1.71. The largest absolute Gasteiger partial charge is 0.306 e. The number of aromatic nitrogens is 1. The van der Waals surface area contributed by atoms with Crippen LogP contribution in [-0.4, -0.2) is 11.5 Å². The molecule has 2 aromatic heterocycles. The third kappa shape index (κ3) is 2.47. The van der Waals surface area contributed by atoms with Crippen molar-refractivity contribution in [1.29, 1.82) is 0 Å². The van der Waals surface area contributed by atoms with Gasteiger partial charge in [-0.3, -0.25) is 4.98 Å². The quantitative estimate of drug-likeness (QED) is 0.771. The van der Waals surface area contributed by atoms with Crippen LogP contribution < -0.4 is 5.32 Å². The number of aryl methyl sites for hydroxylation is 1. The van der Waals surface area contributed by atoms with E-state index in [1.54, 1.807) is 0 Å². The normalized spacial score (nSPS) is 12.7. The lowest BCUT2D eigenvalue weighted by Gasteiger charge is -2.18. The van der Waals surface area contributed by atoms with Crippen LogP contribution in [-0.2, 0) is 0 Å². The van der Waals surface area contributed by atoms with Crippen LogP contribution in [0.3, 0.4) is 0 Å². The van der Waals surface area contributed by atoms with Crippen LogP contribution in [0.2, 0.25) is 0 Å². The van der Waals surface area contributed by atoms with Crippen molar-refractivity contribution in [2.24, 2.45) is 0 Å². The Morgan fingerprint density at radius 1 is 1.25 bits per heavy atom. The summed E-state index contributed by atoms with van der Waals surface area (Å²) in [4.78, 5) is 5.97. The second-order valence-electron chi connectivity index (χ2n) is 4.92. The molecule has 0 aliphatic heterocycles. The summed E-state index contributed by atoms with van der Waals surface area (Å²) in [6, 6.07) is 12.9. The first kappa shape index (κ1) is 13.3. The van der Waals surface area contributed by atoms with Crippen LogP contribution in [0.5, 0.6) is 0 Å². The van der Waals surface area contributed by atoms with Crippen molar-refractivity contribution in [3.63, 3.8) is 0 Å². The van der Waals surface area contributed by atoms with Crippen LogP contribution in [0.4, 0.5) is 0 Å². The van der Waals surface area contributed by atoms with Gasteiger partial charge in [0.25, 0.3) is 0 Å². The van der Waals surface area contributed by atoms with Gasteiger partial charge in [0, 0.05) is 16.5 Å². The third-order valence-electron chi connectivity index (χ3n) is 3.52. The molecule has 1 unspecified atom stereocenters. The summed E-state index contributed by atoms with van der Waals surface area (Å²) in [5.41, 5.74) is 3.62. The van der Waals surface area contributed by atoms with Crippen LogP contribution in [0, 0.1) is 6.92 Å². The molecule has 20 heavy (non-hydrogen) atoms. The average molecular weight is 282 g/mol. The lowest BCUT2D eigenvalue weighted by molar-refractivity contribution is 0.636. The Bertz CT molecular complexity index is 718. The maximum Gasteiger partial charge on any atom is 0.0702 e. The number of rotatable bonds is 4. The Morgan fingerprint density at radius 3 is 2.85 bits per heavy atom. The molecule has 0 aliphatic rings. The monoisotopic (exact) mass is 282 g/mol. The van der Waals surface area contributed by atoms with Crippen molar-refractivity contribution in [3.05, 3.63) is 64.0 Å². The van der Waals surface area contributed by atoms with Gasteiger partial charge in [-0.15, -0.1) is 11.3 Å². The first-order chi connectivity index (χ1) is 9.79. The van der Waals surface area contributed by atoms with Crippen molar-refractivity contribution in [2.75, 3.05) is 6.54 Å². The number of nitrogens with one attached hydrogen (secondary N) is 1. The second kappa shape index (κ2) is 5.73. The number of para-hydroxylation sites is 1. The third-order valence-corrected chi connectivity index (χ3v) is 4.60. The zero-order chi connectivity index (χ0) is 13.9. The fourth-order valence-electron chi connectivity index (χ4n) is 2.49. The average Bonchev–Trinajstić information content (AvgIpc) is 2.90. The number of hydrogen-bond acceptors (Lipinski definition) is 3. The van der Waals surface area contributed by atoms with Gasteiger partial charge in [0.2, 0.25) is 0 Å². The zero-order valence-corrected chi connectivity index (χ0v) is 12.6. The van der Waals surface area contributed by atoms with E-state index in [0.29, 0.717) is 0 Å². The van der Waals surface area contributed by atoms with E-state index < -0.39 is 0 Å². The smallest absolute Gasteiger partial charge is 0.0702 e. The number of pyridine rings is 1. The minimum Gasteiger partial charge on any atom is -0.306 e. The highest BCUT2D eigenvalue weighted by molar-refractivity contribution is 7.10. The van der Waals surface area contributed by atoms with Crippen molar-refractivity contribution in [3.8, 4) is 0 Å². The van der Waals surface area contributed by atoms with Gasteiger partial charge in [-0.05, 0) is 48.2 Å². The molecule has 0 saturated heterocycles. The lowest BCUT2D eigenvalue weighted by Crippen LogP contribution is -2.21. The van der Waals surface area contributed by atoms with E-state index in [4.69, 9.17) is 0 Å². The van der Waals surface area contributed by atoms with Crippen LogP contribution in [0.25, 0.3) is 10.9 Å². The molecule has 102 valence electrons. The van der Waals surface area contributed by atoms with Gasteiger partial charge >= 0.3 is 0 Å². The Balaban J connectivity index is 2.07. The molecule has 0 bridgehead atoms. The zero-order valence-electron chi connectivity index (χ0n) is 11.8. The highest BCUT2D eigenvalue weighted by Gasteiger charge is 2.17. The molecule has 2 nitrogen and oxygen atoms in total. The molecule has 0 radical (unpaired) electrons. The van der Waals surface area contributed by atoms with Gasteiger partial charge in [-0.1, -0.05) is 25.1 Å². The molecular formula is C17H18N2S. The first-order valence-electron chi connectivity index (χ1n) is 6.91. The fourth-order valence-corrected chi connectivity index (χ4v) is 3.52. The molecule has 3 aromatic rings. The summed E-state index contributed by atoms with van der Waals surface area (Å²) < 4.78 is 0. The fraction of sp³-hybridized carbons (Fsp3) is 0.235. The van der Waals surface area contributed by atoms with E-state index in [1.807, 2.05) is 23.6 Å². The number of thiophene rings is 1. The van der Waals surface area contributed by atoms with E-state index in [1.165, 1.54) is 21.4 Å². The number of hydrogen-bond donors (Lipinski definition) is 1. The predicted octanol–water partition coefficient (Wildman–Crippen LogP) is 4.30. The molecule has 0 amide bonds.